The van der Waals surface area contributed by atoms with Gasteiger partial charge in [-0.25, -0.2) is 4.68 Å². The number of nitrogens with zero attached hydrogens (tertiary/aromatic N) is 5. The van der Waals surface area contributed by atoms with Gasteiger partial charge in [-0.05, 0) is 57.5 Å². The Bertz CT molecular complexity index is 1150. The maximum atomic E-state index is 12.5. The standard InChI is InChI=1S/C24H29N7O2/c1-15-5-7-20(8-6-15)30-14-19(13-23(30)32)24(33)26-12-11-25-21-9-10-22(28-27-21)31-18(4)16(2)17(3)29-31/h5-10,19H,11-14H2,1-4H3,(H,25,27)(H,26,33). The number of aromatic nitrogens is 4. The van der Waals surface area contributed by atoms with Gasteiger partial charge >= 0.3 is 0 Å². The minimum Gasteiger partial charge on any atom is -0.367 e. The molecule has 9 nitrogen and oxygen atoms in total. The van der Waals surface area contributed by atoms with Crippen molar-refractivity contribution in [2.45, 2.75) is 34.1 Å². The number of anilines is 2. The summed E-state index contributed by atoms with van der Waals surface area (Å²) in [7, 11) is 0. The zero-order valence-electron chi connectivity index (χ0n) is 19.4. The van der Waals surface area contributed by atoms with Gasteiger partial charge in [-0.2, -0.15) is 5.10 Å². The fourth-order valence-electron chi connectivity index (χ4n) is 3.85. The first-order valence-electron chi connectivity index (χ1n) is 11.1. The third kappa shape index (κ3) is 4.87. The second kappa shape index (κ2) is 9.40. The second-order valence-electron chi connectivity index (χ2n) is 8.44. The molecule has 2 amide bonds. The summed E-state index contributed by atoms with van der Waals surface area (Å²) in [6, 6.07) is 11.5. The van der Waals surface area contributed by atoms with E-state index in [1.165, 1.54) is 0 Å². The average Bonchev–Trinajstić information content (AvgIpc) is 3.32. The van der Waals surface area contributed by atoms with Gasteiger partial charge < -0.3 is 15.5 Å². The Hall–Kier alpha value is -3.75. The molecule has 4 rings (SSSR count). The minimum absolute atomic E-state index is 0.0229. The lowest BCUT2D eigenvalue weighted by atomic mass is 10.1. The van der Waals surface area contributed by atoms with Gasteiger partial charge in [0, 0.05) is 37.4 Å². The molecule has 1 aromatic carbocycles. The smallest absolute Gasteiger partial charge is 0.227 e. The van der Waals surface area contributed by atoms with E-state index in [-0.39, 0.29) is 24.2 Å². The molecule has 2 N–H and O–H groups in total. The number of amides is 2. The van der Waals surface area contributed by atoms with E-state index in [0.717, 1.165) is 28.2 Å². The van der Waals surface area contributed by atoms with Crippen molar-refractivity contribution in [3.05, 3.63) is 58.9 Å². The lowest BCUT2D eigenvalue weighted by Gasteiger charge is -2.17. The van der Waals surface area contributed by atoms with Crippen LogP contribution in [0.25, 0.3) is 5.82 Å². The molecular formula is C24H29N7O2. The van der Waals surface area contributed by atoms with Crippen LogP contribution in [0.5, 0.6) is 0 Å². The number of rotatable bonds is 7. The van der Waals surface area contributed by atoms with E-state index in [2.05, 4.69) is 25.9 Å². The molecule has 0 radical (unpaired) electrons. The molecule has 33 heavy (non-hydrogen) atoms. The summed E-state index contributed by atoms with van der Waals surface area (Å²) >= 11 is 0. The van der Waals surface area contributed by atoms with Crippen molar-refractivity contribution < 1.29 is 9.59 Å². The first kappa shape index (κ1) is 22.4. The highest BCUT2D eigenvalue weighted by Crippen LogP contribution is 2.25. The van der Waals surface area contributed by atoms with E-state index in [1.807, 2.05) is 64.1 Å². The highest BCUT2D eigenvalue weighted by molar-refractivity contribution is 6.00. The summed E-state index contributed by atoms with van der Waals surface area (Å²) in [6.45, 7) is 9.34. The van der Waals surface area contributed by atoms with Crippen LogP contribution >= 0.6 is 0 Å². The molecule has 0 aliphatic carbocycles. The second-order valence-corrected chi connectivity index (χ2v) is 8.44. The van der Waals surface area contributed by atoms with Crippen LogP contribution in [-0.4, -0.2) is 51.4 Å². The Kier molecular flexibility index (Phi) is 6.39. The summed E-state index contributed by atoms with van der Waals surface area (Å²) in [5.41, 5.74) is 5.11. The quantitative estimate of drug-likeness (QED) is 0.539. The normalized spacial score (nSPS) is 15.7. The summed E-state index contributed by atoms with van der Waals surface area (Å²) in [4.78, 5) is 26.6. The van der Waals surface area contributed by atoms with Crippen LogP contribution in [0, 0.1) is 33.6 Å². The molecule has 1 saturated heterocycles. The molecule has 0 saturated carbocycles. The van der Waals surface area contributed by atoms with Crippen LogP contribution in [0.2, 0.25) is 0 Å². The van der Waals surface area contributed by atoms with Crippen molar-refractivity contribution in [1.29, 1.82) is 0 Å². The van der Waals surface area contributed by atoms with Crippen molar-refractivity contribution in [3.8, 4) is 5.82 Å². The lowest BCUT2D eigenvalue weighted by Crippen LogP contribution is -2.35. The van der Waals surface area contributed by atoms with Gasteiger partial charge in [0.1, 0.15) is 5.82 Å². The Labute approximate surface area is 193 Å². The highest BCUT2D eigenvalue weighted by atomic mass is 16.2. The molecule has 172 valence electrons. The van der Waals surface area contributed by atoms with Crippen LogP contribution in [-0.2, 0) is 9.59 Å². The first-order valence-corrected chi connectivity index (χ1v) is 11.1. The topological polar surface area (TPSA) is 105 Å². The average molecular weight is 448 g/mol. The van der Waals surface area contributed by atoms with Crippen molar-refractivity contribution >= 4 is 23.3 Å². The fourth-order valence-corrected chi connectivity index (χ4v) is 3.85. The Balaban J connectivity index is 1.24. The zero-order chi connectivity index (χ0) is 23.5. The molecule has 0 spiro atoms. The molecule has 1 unspecified atom stereocenters. The largest absolute Gasteiger partial charge is 0.367 e. The van der Waals surface area contributed by atoms with Gasteiger partial charge in [-0.15, -0.1) is 10.2 Å². The molecular weight excluding hydrogens is 418 g/mol. The monoisotopic (exact) mass is 447 g/mol. The van der Waals surface area contributed by atoms with Crippen LogP contribution in [0.15, 0.2) is 36.4 Å². The predicted octanol–water partition coefficient (Wildman–Crippen LogP) is 2.48. The summed E-state index contributed by atoms with van der Waals surface area (Å²) < 4.78 is 1.78. The summed E-state index contributed by atoms with van der Waals surface area (Å²) in [5.74, 6) is 0.799. The van der Waals surface area contributed by atoms with Gasteiger partial charge in [0.25, 0.3) is 0 Å². The molecule has 3 heterocycles. The Morgan fingerprint density at radius 1 is 1.03 bits per heavy atom. The van der Waals surface area contributed by atoms with E-state index in [1.54, 1.807) is 9.58 Å². The Morgan fingerprint density at radius 2 is 1.79 bits per heavy atom. The molecule has 1 aliphatic heterocycles. The number of hydrogen-bond donors (Lipinski definition) is 2. The van der Waals surface area contributed by atoms with Gasteiger partial charge in [0.15, 0.2) is 5.82 Å². The minimum atomic E-state index is -0.345. The maximum Gasteiger partial charge on any atom is 0.227 e. The number of carbonyl (C=O) groups excluding carboxylic acids is 2. The van der Waals surface area contributed by atoms with Crippen molar-refractivity contribution in [3.63, 3.8) is 0 Å². The van der Waals surface area contributed by atoms with Gasteiger partial charge in [0.05, 0.1) is 11.6 Å². The van der Waals surface area contributed by atoms with E-state index in [9.17, 15) is 9.59 Å². The summed E-state index contributed by atoms with van der Waals surface area (Å²) in [5, 5.41) is 19.0. The number of nitrogens with one attached hydrogen (secondary N) is 2. The van der Waals surface area contributed by atoms with E-state index >= 15 is 0 Å². The van der Waals surface area contributed by atoms with E-state index in [4.69, 9.17) is 0 Å². The first-order chi connectivity index (χ1) is 15.8. The third-order valence-electron chi connectivity index (χ3n) is 6.09. The SMILES string of the molecule is Cc1ccc(N2CC(C(=O)NCCNc3ccc(-n4nc(C)c(C)c4C)nn3)CC2=O)cc1. The molecule has 3 aromatic rings. The predicted molar refractivity (Wildman–Crippen MR) is 127 cm³/mol. The number of aryl methyl sites for hydroxylation is 2. The third-order valence-corrected chi connectivity index (χ3v) is 6.09. The fraction of sp³-hybridized carbons (Fsp3) is 0.375. The van der Waals surface area contributed by atoms with E-state index < -0.39 is 0 Å². The van der Waals surface area contributed by atoms with Gasteiger partial charge in [-0.3, -0.25) is 9.59 Å². The van der Waals surface area contributed by atoms with Crippen LogP contribution in [0.4, 0.5) is 11.5 Å². The van der Waals surface area contributed by atoms with Crippen molar-refractivity contribution in [2.75, 3.05) is 29.9 Å². The zero-order valence-corrected chi connectivity index (χ0v) is 19.4. The molecule has 0 bridgehead atoms. The lowest BCUT2D eigenvalue weighted by molar-refractivity contribution is -0.126. The summed E-state index contributed by atoms with van der Waals surface area (Å²) in [6.07, 6.45) is 0.228. The number of benzene rings is 1. The van der Waals surface area contributed by atoms with Crippen LogP contribution in [0.1, 0.15) is 28.9 Å². The highest BCUT2D eigenvalue weighted by Gasteiger charge is 2.34. The maximum absolute atomic E-state index is 12.5. The van der Waals surface area contributed by atoms with Crippen molar-refractivity contribution in [1.82, 2.24) is 25.3 Å². The van der Waals surface area contributed by atoms with Crippen LogP contribution < -0.4 is 15.5 Å². The van der Waals surface area contributed by atoms with E-state index in [0.29, 0.717) is 31.3 Å². The number of carbonyl (C=O) groups is 2. The number of hydrogen-bond acceptors (Lipinski definition) is 6. The van der Waals surface area contributed by atoms with Gasteiger partial charge in [-0.1, -0.05) is 17.7 Å². The molecule has 1 atom stereocenters. The molecule has 9 heteroatoms. The van der Waals surface area contributed by atoms with Gasteiger partial charge in [0.2, 0.25) is 11.8 Å². The van der Waals surface area contributed by atoms with Crippen molar-refractivity contribution in [2.24, 2.45) is 5.92 Å². The molecule has 1 aliphatic rings. The Morgan fingerprint density at radius 3 is 2.42 bits per heavy atom. The molecule has 1 fully saturated rings. The molecule has 2 aromatic heterocycles. The van der Waals surface area contributed by atoms with Crippen LogP contribution in [0.3, 0.4) is 0 Å².